The van der Waals surface area contributed by atoms with E-state index in [0.717, 1.165) is 53.1 Å². The summed E-state index contributed by atoms with van der Waals surface area (Å²) in [6, 6.07) is 17.5. The topological polar surface area (TPSA) is 69.0 Å². The molecule has 6 nitrogen and oxygen atoms in total. The molecule has 2 heterocycles. The number of aromatic nitrogens is 3. The van der Waals surface area contributed by atoms with Crippen LogP contribution in [-0.4, -0.2) is 27.0 Å². The average molecular weight is 443 g/mol. The van der Waals surface area contributed by atoms with Gasteiger partial charge in [0.2, 0.25) is 0 Å². The van der Waals surface area contributed by atoms with Crippen LogP contribution in [-0.2, 0) is 6.54 Å². The van der Waals surface area contributed by atoms with E-state index in [4.69, 9.17) is 9.72 Å². The standard InChI is InChI=1S/C27H30N4O2/c1-19-9-8-10-20(2)25(19)33-18-7-6-17-31-24-12-5-4-11-23(24)30-26(31)21(3)29-27(32)22-13-15-28-16-14-22/h4-5,8-16,21H,6-7,17-18H2,1-3H3,(H,29,32). The molecule has 0 aliphatic heterocycles. The second-order valence-electron chi connectivity index (χ2n) is 8.32. The van der Waals surface area contributed by atoms with Gasteiger partial charge in [0.25, 0.3) is 5.91 Å². The van der Waals surface area contributed by atoms with E-state index in [1.165, 1.54) is 0 Å². The van der Waals surface area contributed by atoms with Crippen LogP contribution < -0.4 is 10.1 Å². The van der Waals surface area contributed by atoms with E-state index in [9.17, 15) is 4.79 Å². The van der Waals surface area contributed by atoms with Gasteiger partial charge in [-0.25, -0.2) is 4.98 Å². The van der Waals surface area contributed by atoms with Crippen LogP contribution in [0.4, 0.5) is 0 Å². The Balaban J connectivity index is 1.43. The Morgan fingerprint density at radius 1 is 1.00 bits per heavy atom. The molecule has 0 saturated heterocycles. The van der Waals surface area contributed by atoms with Gasteiger partial charge in [0.15, 0.2) is 0 Å². The van der Waals surface area contributed by atoms with Gasteiger partial charge in [-0.15, -0.1) is 0 Å². The molecule has 0 saturated carbocycles. The summed E-state index contributed by atoms with van der Waals surface area (Å²) in [6.45, 7) is 7.60. The molecule has 2 aromatic carbocycles. The Kier molecular flexibility index (Phi) is 7.03. The second kappa shape index (κ2) is 10.3. The molecule has 0 radical (unpaired) electrons. The molecule has 2 aromatic heterocycles. The average Bonchev–Trinajstić information content (AvgIpc) is 3.20. The van der Waals surface area contributed by atoms with Crippen molar-refractivity contribution in [3.05, 3.63) is 89.5 Å². The van der Waals surface area contributed by atoms with Crippen LogP contribution in [0.2, 0.25) is 0 Å². The van der Waals surface area contributed by atoms with E-state index in [1.807, 2.05) is 25.1 Å². The molecule has 1 unspecified atom stereocenters. The number of hydrogen-bond donors (Lipinski definition) is 1. The number of benzene rings is 2. The fourth-order valence-electron chi connectivity index (χ4n) is 4.08. The smallest absolute Gasteiger partial charge is 0.251 e. The van der Waals surface area contributed by atoms with Crippen molar-refractivity contribution < 1.29 is 9.53 Å². The molecule has 4 aromatic rings. The first-order valence-electron chi connectivity index (χ1n) is 11.4. The van der Waals surface area contributed by atoms with Crippen molar-refractivity contribution in [2.75, 3.05) is 6.61 Å². The Labute approximate surface area is 194 Å². The fourth-order valence-corrected chi connectivity index (χ4v) is 4.08. The Bertz CT molecular complexity index is 1210. The molecule has 1 amide bonds. The van der Waals surface area contributed by atoms with Gasteiger partial charge in [0.05, 0.1) is 23.7 Å². The number of nitrogens with one attached hydrogen (secondary N) is 1. The molecular formula is C27H30N4O2. The number of pyridine rings is 1. The van der Waals surface area contributed by atoms with Gasteiger partial charge in [-0.3, -0.25) is 9.78 Å². The predicted molar refractivity (Wildman–Crippen MR) is 130 cm³/mol. The first kappa shape index (κ1) is 22.5. The third kappa shape index (κ3) is 5.22. The van der Waals surface area contributed by atoms with Gasteiger partial charge < -0.3 is 14.6 Å². The van der Waals surface area contributed by atoms with Crippen molar-refractivity contribution in [3.63, 3.8) is 0 Å². The van der Waals surface area contributed by atoms with Crippen LogP contribution in [0.5, 0.6) is 5.75 Å². The van der Waals surface area contributed by atoms with E-state index in [-0.39, 0.29) is 11.9 Å². The molecule has 4 rings (SSSR count). The number of carbonyl (C=O) groups excluding carboxylic acids is 1. The molecule has 1 atom stereocenters. The summed E-state index contributed by atoms with van der Waals surface area (Å²) in [6.07, 6.45) is 5.12. The van der Waals surface area contributed by atoms with Crippen molar-refractivity contribution in [2.24, 2.45) is 0 Å². The summed E-state index contributed by atoms with van der Waals surface area (Å²) in [5.74, 6) is 1.71. The van der Waals surface area contributed by atoms with Crippen molar-refractivity contribution >= 4 is 16.9 Å². The minimum atomic E-state index is -0.232. The highest BCUT2D eigenvalue weighted by molar-refractivity contribution is 5.94. The Morgan fingerprint density at radius 3 is 2.48 bits per heavy atom. The number of ether oxygens (including phenoxy) is 1. The molecule has 33 heavy (non-hydrogen) atoms. The highest BCUT2D eigenvalue weighted by atomic mass is 16.5. The quantitative estimate of drug-likeness (QED) is 0.353. The molecule has 6 heteroatoms. The minimum Gasteiger partial charge on any atom is -0.493 e. The molecular weight excluding hydrogens is 412 g/mol. The van der Waals surface area contributed by atoms with E-state index in [1.54, 1.807) is 24.5 Å². The fraction of sp³-hybridized carbons (Fsp3) is 0.296. The summed E-state index contributed by atoms with van der Waals surface area (Å²) in [5.41, 5.74) is 4.92. The Morgan fingerprint density at radius 2 is 1.73 bits per heavy atom. The summed E-state index contributed by atoms with van der Waals surface area (Å²) in [5, 5.41) is 3.07. The summed E-state index contributed by atoms with van der Waals surface area (Å²) in [7, 11) is 0. The van der Waals surface area contributed by atoms with Crippen molar-refractivity contribution in [1.82, 2.24) is 19.9 Å². The Hall–Kier alpha value is -3.67. The number of carbonyl (C=O) groups is 1. The van der Waals surface area contributed by atoms with E-state index >= 15 is 0 Å². The van der Waals surface area contributed by atoms with Crippen molar-refractivity contribution in [2.45, 2.75) is 46.2 Å². The normalized spacial score (nSPS) is 12.0. The SMILES string of the molecule is Cc1cccc(C)c1OCCCCn1c(C(C)NC(=O)c2ccncc2)nc2ccccc21. The number of hydrogen-bond acceptors (Lipinski definition) is 4. The number of imidazole rings is 1. The third-order valence-electron chi connectivity index (χ3n) is 5.79. The maximum absolute atomic E-state index is 12.7. The van der Waals surface area contributed by atoms with Crippen molar-refractivity contribution in [1.29, 1.82) is 0 Å². The number of rotatable bonds is 9. The molecule has 0 spiro atoms. The van der Waals surface area contributed by atoms with Crippen LogP contribution in [0, 0.1) is 13.8 Å². The molecule has 0 bridgehead atoms. The molecule has 0 fully saturated rings. The maximum Gasteiger partial charge on any atom is 0.251 e. The van der Waals surface area contributed by atoms with Gasteiger partial charge in [-0.2, -0.15) is 0 Å². The van der Waals surface area contributed by atoms with Crippen LogP contribution in [0.25, 0.3) is 11.0 Å². The van der Waals surface area contributed by atoms with Crippen molar-refractivity contribution in [3.8, 4) is 5.75 Å². The predicted octanol–water partition coefficient (Wildman–Crippen LogP) is 5.40. The van der Waals surface area contributed by atoms with Gasteiger partial charge in [-0.05, 0) is 69.0 Å². The largest absolute Gasteiger partial charge is 0.493 e. The number of fused-ring (bicyclic) bond motifs is 1. The summed E-state index contributed by atoms with van der Waals surface area (Å²) in [4.78, 5) is 21.5. The molecule has 0 aliphatic carbocycles. The van der Waals surface area contributed by atoms with Gasteiger partial charge >= 0.3 is 0 Å². The summed E-state index contributed by atoms with van der Waals surface area (Å²) < 4.78 is 8.28. The zero-order chi connectivity index (χ0) is 23.2. The molecule has 170 valence electrons. The minimum absolute atomic E-state index is 0.134. The second-order valence-corrected chi connectivity index (χ2v) is 8.32. The van der Waals surface area contributed by atoms with Gasteiger partial charge in [-0.1, -0.05) is 30.3 Å². The van der Waals surface area contributed by atoms with Crippen LogP contribution >= 0.6 is 0 Å². The highest BCUT2D eigenvalue weighted by Crippen LogP contribution is 2.24. The number of unbranched alkanes of at least 4 members (excludes halogenated alkanes) is 1. The number of nitrogens with zero attached hydrogens (tertiary/aromatic N) is 3. The maximum atomic E-state index is 12.7. The lowest BCUT2D eigenvalue weighted by molar-refractivity contribution is 0.0937. The lowest BCUT2D eigenvalue weighted by Crippen LogP contribution is -2.28. The van der Waals surface area contributed by atoms with E-state index < -0.39 is 0 Å². The highest BCUT2D eigenvalue weighted by Gasteiger charge is 2.19. The first-order valence-corrected chi connectivity index (χ1v) is 11.4. The lowest BCUT2D eigenvalue weighted by Gasteiger charge is -2.17. The zero-order valence-corrected chi connectivity index (χ0v) is 19.4. The first-order chi connectivity index (χ1) is 16.0. The lowest BCUT2D eigenvalue weighted by atomic mass is 10.1. The number of aryl methyl sites for hydroxylation is 3. The number of amides is 1. The number of para-hydroxylation sites is 3. The van der Waals surface area contributed by atoms with Gasteiger partial charge in [0.1, 0.15) is 11.6 Å². The summed E-state index contributed by atoms with van der Waals surface area (Å²) >= 11 is 0. The van der Waals surface area contributed by atoms with Crippen LogP contribution in [0.1, 0.15) is 53.1 Å². The third-order valence-corrected chi connectivity index (χ3v) is 5.79. The molecule has 1 N–H and O–H groups in total. The monoisotopic (exact) mass is 442 g/mol. The zero-order valence-electron chi connectivity index (χ0n) is 19.4. The van der Waals surface area contributed by atoms with Gasteiger partial charge in [0, 0.05) is 24.5 Å². The molecule has 0 aliphatic rings. The van der Waals surface area contributed by atoms with E-state index in [2.05, 4.69) is 53.0 Å². The van der Waals surface area contributed by atoms with Crippen LogP contribution in [0.3, 0.4) is 0 Å². The van der Waals surface area contributed by atoms with Crippen LogP contribution in [0.15, 0.2) is 67.0 Å². The van der Waals surface area contributed by atoms with E-state index in [0.29, 0.717) is 12.2 Å².